The molecular formula is C21H22N4O3. The summed E-state index contributed by atoms with van der Waals surface area (Å²) >= 11 is 0. The van der Waals surface area contributed by atoms with Crippen molar-refractivity contribution >= 4 is 35.0 Å². The van der Waals surface area contributed by atoms with Gasteiger partial charge >= 0.3 is 5.97 Å². The van der Waals surface area contributed by atoms with Crippen LogP contribution in [0.2, 0.25) is 0 Å². The molecule has 3 rings (SSSR count). The first-order valence-electron chi connectivity index (χ1n) is 9.13. The van der Waals surface area contributed by atoms with Gasteiger partial charge in [0.15, 0.2) is 0 Å². The van der Waals surface area contributed by atoms with E-state index in [0.29, 0.717) is 23.0 Å². The number of piperidine rings is 1. The zero-order valence-electron chi connectivity index (χ0n) is 15.6. The number of aromatic amines is 1. The highest BCUT2D eigenvalue weighted by atomic mass is 16.4. The number of rotatable bonds is 5. The summed E-state index contributed by atoms with van der Waals surface area (Å²) < 4.78 is 0. The van der Waals surface area contributed by atoms with Crippen LogP contribution in [0.3, 0.4) is 0 Å². The number of anilines is 2. The first-order chi connectivity index (χ1) is 13.5. The summed E-state index contributed by atoms with van der Waals surface area (Å²) in [6.45, 7) is 11.0. The van der Waals surface area contributed by atoms with Gasteiger partial charge in [-0.25, -0.2) is 9.64 Å². The SMILES string of the molecule is [C-]#[N+]c1c[nH]c(C(=O)Nc2ccc(/C=C/C(=O)O)cc2N2CCC(C)CC2)c1. The Morgan fingerprint density at radius 2 is 2.07 bits per heavy atom. The highest BCUT2D eigenvalue weighted by Crippen LogP contribution is 2.32. The summed E-state index contributed by atoms with van der Waals surface area (Å²) in [5.74, 6) is -0.668. The van der Waals surface area contributed by atoms with Gasteiger partial charge in [-0.1, -0.05) is 13.0 Å². The molecule has 7 nitrogen and oxygen atoms in total. The van der Waals surface area contributed by atoms with Crippen molar-refractivity contribution in [1.82, 2.24) is 4.98 Å². The third-order valence-electron chi connectivity index (χ3n) is 4.85. The molecule has 2 aromatic rings. The summed E-state index contributed by atoms with van der Waals surface area (Å²) in [5.41, 5.74) is 2.98. The van der Waals surface area contributed by atoms with Crippen molar-refractivity contribution in [2.75, 3.05) is 23.3 Å². The molecule has 2 heterocycles. The number of aromatic nitrogens is 1. The maximum atomic E-state index is 12.6. The minimum absolute atomic E-state index is 0.319. The lowest BCUT2D eigenvalue weighted by molar-refractivity contribution is -0.131. The number of hydrogen-bond acceptors (Lipinski definition) is 3. The molecule has 0 saturated carbocycles. The molecule has 1 aromatic carbocycles. The molecule has 0 radical (unpaired) electrons. The minimum Gasteiger partial charge on any atom is -0.478 e. The van der Waals surface area contributed by atoms with Gasteiger partial charge in [0.2, 0.25) is 5.69 Å². The van der Waals surface area contributed by atoms with Crippen molar-refractivity contribution in [1.29, 1.82) is 0 Å². The van der Waals surface area contributed by atoms with E-state index in [0.717, 1.165) is 43.3 Å². The molecule has 0 spiro atoms. The Labute approximate surface area is 163 Å². The molecule has 1 saturated heterocycles. The fourth-order valence-electron chi connectivity index (χ4n) is 3.20. The molecule has 1 fully saturated rings. The number of carbonyl (C=O) groups excluding carboxylic acids is 1. The number of H-pyrrole nitrogens is 1. The summed E-state index contributed by atoms with van der Waals surface area (Å²) in [5, 5.41) is 11.8. The summed E-state index contributed by atoms with van der Waals surface area (Å²) in [6.07, 6.45) is 6.26. The molecule has 28 heavy (non-hydrogen) atoms. The largest absolute Gasteiger partial charge is 0.478 e. The van der Waals surface area contributed by atoms with E-state index in [1.165, 1.54) is 18.3 Å². The van der Waals surface area contributed by atoms with E-state index >= 15 is 0 Å². The number of amides is 1. The number of nitrogens with zero attached hydrogens (tertiary/aromatic N) is 2. The van der Waals surface area contributed by atoms with E-state index in [9.17, 15) is 9.59 Å². The Morgan fingerprint density at radius 1 is 1.32 bits per heavy atom. The van der Waals surface area contributed by atoms with E-state index in [-0.39, 0.29) is 5.91 Å². The number of hydrogen-bond donors (Lipinski definition) is 3. The van der Waals surface area contributed by atoms with Crippen LogP contribution in [0.4, 0.5) is 17.1 Å². The maximum Gasteiger partial charge on any atom is 0.328 e. The molecule has 7 heteroatoms. The van der Waals surface area contributed by atoms with Gasteiger partial charge in [-0.05, 0) is 48.6 Å². The van der Waals surface area contributed by atoms with Gasteiger partial charge in [-0.15, -0.1) is 0 Å². The molecule has 3 N–H and O–H groups in total. The Hall–Kier alpha value is -3.53. The van der Waals surface area contributed by atoms with Crippen molar-refractivity contribution in [3.05, 3.63) is 59.2 Å². The van der Waals surface area contributed by atoms with E-state index in [1.807, 2.05) is 6.07 Å². The average Bonchev–Trinajstić information content (AvgIpc) is 3.17. The van der Waals surface area contributed by atoms with E-state index in [2.05, 4.69) is 27.0 Å². The highest BCUT2D eigenvalue weighted by Gasteiger charge is 2.20. The molecule has 0 aliphatic carbocycles. The van der Waals surface area contributed by atoms with Crippen molar-refractivity contribution in [3.8, 4) is 0 Å². The molecule has 0 unspecified atom stereocenters. The summed E-state index contributed by atoms with van der Waals surface area (Å²) in [6, 6.07) is 6.95. The van der Waals surface area contributed by atoms with Crippen LogP contribution in [0, 0.1) is 12.5 Å². The van der Waals surface area contributed by atoms with Crippen LogP contribution >= 0.6 is 0 Å². The van der Waals surface area contributed by atoms with Crippen LogP contribution in [0.1, 0.15) is 35.8 Å². The van der Waals surface area contributed by atoms with Crippen LogP contribution < -0.4 is 10.2 Å². The number of nitrogens with one attached hydrogen (secondary N) is 2. The Morgan fingerprint density at radius 3 is 2.71 bits per heavy atom. The zero-order valence-corrected chi connectivity index (χ0v) is 15.6. The van der Waals surface area contributed by atoms with Gasteiger partial charge in [0.05, 0.1) is 23.6 Å². The van der Waals surface area contributed by atoms with Crippen molar-refractivity contribution in [3.63, 3.8) is 0 Å². The third kappa shape index (κ3) is 4.60. The van der Waals surface area contributed by atoms with Gasteiger partial charge in [-0.3, -0.25) is 4.79 Å². The monoisotopic (exact) mass is 378 g/mol. The molecular weight excluding hydrogens is 356 g/mol. The predicted octanol–water partition coefficient (Wildman–Crippen LogP) is 4.15. The number of aliphatic carboxylic acids is 1. The minimum atomic E-state index is -1.01. The van der Waals surface area contributed by atoms with Crippen molar-refractivity contribution < 1.29 is 14.7 Å². The number of carboxylic acids is 1. The quantitative estimate of drug-likeness (QED) is 0.538. The normalized spacial score (nSPS) is 14.8. The lowest BCUT2D eigenvalue weighted by Crippen LogP contribution is -2.33. The summed E-state index contributed by atoms with van der Waals surface area (Å²) in [7, 11) is 0. The molecule has 1 aromatic heterocycles. The van der Waals surface area contributed by atoms with E-state index < -0.39 is 5.97 Å². The lowest BCUT2D eigenvalue weighted by Gasteiger charge is -2.33. The van der Waals surface area contributed by atoms with Crippen LogP contribution in [0.25, 0.3) is 10.9 Å². The first kappa shape index (κ1) is 19.2. The fourth-order valence-corrected chi connectivity index (χ4v) is 3.20. The molecule has 1 aliphatic heterocycles. The standard InChI is InChI=1S/C21H22N4O3/c1-14-7-9-25(10-8-14)19-11-15(4-6-20(26)27)3-5-17(19)24-21(28)18-12-16(22-2)13-23-18/h3-6,11-14,23H,7-10H2,1H3,(H,24,28)(H,26,27)/b6-4+. The van der Waals surface area contributed by atoms with E-state index in [4.69, 9.17) is 11.7 Å². The lowest BCUT2D eigenvalue weighted by atomic mass is 9.98. The first-order valence-corrected chi connectivity index (χ1v) is 9.13. The molecule has 0 atom stereocenters. The Bertz CT molecular complexity index is 947. The van der Waals surface area contributed by atoms with Gasteiger partial charge < -0.3 is 20.3 Å². The topological polar surface area (TPSA) is 89.8 Å². The zero-order chi connectivity index (χ0) is 20.1. The second-order valence-electron chi connectivity index (χ2n) is 6.96. The van der Waals surface area contributed by atoms with Crippen LogP contribution in [-0.2, 0) is 4.79 Å². The molecule has 1 aliphatic rings. The second-order valence-corrected chi connectivity index (χ2v) is 6.96. The van der Waals surface area contributed by atoms with Crippen molar-refractivity contribution in [2.24, 2.45) is 5.92 Å². The Kier molecular flexibility index (Phi) is 5.80. The number of benzene rings is 1. The average molecular weight is 378 g/mol. The van der Waals surface area contributed by atoms with Crippen molar-refractivity contribution in [2.45, 2.75) is 19.8 Å². The number of carboxylic acid groups (broad SMARTS) is 1. The predicted molar refractivity (Wildman–Crippen MR) is 109 cm³/mol. The van der Waals surface area contributed by atoms with Crippen LogP contribution in [-0.4, -0.2) is 35.1 Å². The van der Waals surface area contributed by atoms with Gasteiger partial charge in [0, 0.05) is 25.4 Å². The molecule has 144 valence electrons. The van der Waals surface area contributed by atoms with Gasteiger partial charge in [0.25, 0.3) is 5.91 Å². The maximum absolute atomic E-state index is 12.6. The fraction of sp³-hybridized carbons (Fsp3) is 0.286. The van der Waals surface area contributed by atoms with Crippen LogP contribution in [0.5, 0.6) is 0 Å². The summed E-state index contributed by atoms with van der Waals surface area (Å²) in [4.78, 5) is 31.7. The smallest absolute Gasteiger partial charge is 0.328 e. The second kappa shape index (κ2) is 8.44. The number of carbonyl (C=O) groups is 2. The highest BCUT2D eigenvalue weighted by molar-refractivity contribution is 6.05. The van der Waals surface area contributed by atoms with Crippen LogP contribution in [0.15, 0.2) is 36.5 Å². The molecule has 1 amide bonds. The Balaban J connectivity index is 1.88. The third-order valence-corrected chi connectivity index (χ3v) is 4.85. The van der Waals surface area contributed by atoms with Gasteiger partial charge in [-0.2, -0.15) is 0 Å². The molecule has 0 bridgehead atoms. The van der Waals surface area contributed by atoms with Gasteiger partial charge in [0.1, 0.15) is 0 Å². The van der Waals surface area contributed by atoms with E-state index in [1.54, 1.807) is 12.1 Å².